The molecule has 4 fully saturated rings. The Kier molecular flexibility index (Phi) is 6.32. The monoisotopic (exact) mass is 465 g/mol. The largest absolute Gasteiger partial charge is 0.352 e. The molecular formula is C27H35N3O2S. The van der Waals surface area contributed by atoms with Crippen LogP contribution in [0.1, 0.15) is 65.4 Å². The standard InChI is InChI=1S/C27H35N3O2S/c1-30(2)23(24-4-3-9-33-24)17-28-25(31)22-7-5-18(6-8-22)16-29-26(32)27-13-19-10-20(14-27)12-21(11-19)15-27/h3-9,19-21,23H,10-17H2,1-2H3,(H,28,31)(H,29,32). The van der Waals surface area contributed by atoms with Gasteiger partial charge in [-0.05, 0) is 99.5 Å². The molecule has 176 valence electrons. The second kappa shape index (κ2) is 9.22. The van der Waals surface area contributed by atoms with Gasteiger partial charge in [0.15, 0.2) is 0 Å². The summed E-state index contributed by atoms with van der Waals surface area (Å²) in [6.45, 7) is 1.10. The summed E-state index contributed by atoms with van der Waals surface area (Å²) in [5.41, 5.74) is 1.57. The minimum absolute atomic E-state index is 0.0671. The molecule has 0 radical (unpaired) electrons. The lowest BCUT2D eigenvalue weighted by Gasteiger charge is -2.55. The Morgan fingerprint density at radius 3 is 2.18 bits per heavy atom. The Labute approximate surface area is 200 Å². The molecule has 1 aromatic carbocycles. The van der Waals surface area contributed by atoms with Gasteiger partial charge in [0.25, 0.3) is 5.91 Å². The first-order valence-electron chi connectivity index (χ1n) is 12.3. The van der Waals surface area contributed by atoms with Gasteiger partial charge in [-0.2, -0.15) is 0 Å². The van der Waals surface area contributed by atoms with E-state index in [1.165, 1.54) is 24.1 Å². The maximum atomic E-state index is 13.2. The first-order chi connectivity index (χ1) is 15.9. The summed E-state index contributed by atoms with van der Waals surface area (Å²) in [6, 6.07) is 11.9. The van der Waals surface area contributed by atoms with Crippen LogP contribution in [-0.4, -0.2) is 37.4 Å². The highest BCUT2D eigenvalue weighted by atomic mass is 32.1. The number of benzene rings is 1. The fourth-order valence-electron chi connectivity index (χ4n) is 6.84. The number of rotatable bonds is 8. The van der Waals surface area contributed by atoms with Gasteiger partial charge in [-0.15, -0.1) is 11.3 Å². The molecule has 6 heteroatoms. The molecule has 5 nitrogen and oxygen atoms in total. The van der Waals surface area contributed by atoms with E-state index in [4.69, 9.17) is 0 Å². The van der Waals surface area contributed by atoms with Crippen molar-refractivity contribution in [3.8, 4) is 0 Å². The molecule has 33 heavy (non-hydrogen) atoms. The lowest BCUT2D eigenvalue weighted by molar-refractivity contribution is -0.146. The summed E-state index contributed by atoms with van der Waals surface area (Å²) in [4.78, 5) is 29.2. The van der Waals surface area contributed by atoms with Crippen LogP contribution < -0.4 is 10.6 Å². The normalized spacial score (nSPS) is 28.6. The smallest absolute Gasteiger partial charge is 0.251 e. The molecule has 1 heterocycles. The van der Waals surface area contributed by atoms with E-state index in [1.54, 1.807) is 11.3 Å². The average molecular weight is 466 g/mol. The molecule has 2 N–H and O–H groups in total. The molecule has 0 spiro atoms. The third-order valence-corrected chi connectivity index (χ3v) is 9.11. The van der Waals surface area contributed by atoms with Gasteiger partial charge in [0.1, 0.15) is 0 Å². The van der Waals surface area contributed by atoms with E-state index in [9.17, 15) is 9.59 Å². The van der Waals surface area contributed by atoms with Crippen molar-refractivity contribution in [2.45, 2.75) is 51.1 Å². The molecule has 4 aliphatic carbocycles. The van der Waals surface area contributed by atoms with E-state index in [2.05, 4.69) is 27.0 Å². The van der Waals surface area contributed by atoms with Crippen LogP contribution in [0.4, 0.5) is 0 Å². The van der Waals surface area contributed by atoms with E-state index in [1.807, 2.05) is 44.4 Å². The molecule has 1 atom stereocenters. The first kappa shape index (κ1) is 22.6. The van der Waals surface area contributed by atoms with Crippen molar-refractivity contribution >= 4 is 23.2 Å². The van der Waals surface area contributed by atoms with Crippen LogP contribution >= 0.6 is 11.3 Å². The zero-order valence-electron chi connectivity index (χ0n) is 19.7. The minimum atomic E-state index is -0.111. The molecule has 1 unspecified atom stereocenters. The summed E-state index contributed by atoms with van der Waals surface area (Å²) in [6.07, 6.45) is 7.30. The van der Waals surface area contributed by atoms with Crippen molar-refractivity contribution in [2.24, 2.45) is 23.2 Å². The Bertz CT molecular complexity index is 948. The van der Waals surface area contributed by atoms with Crippen molar-refractivity contribution in [3.05, 3.63) is 57.8 Å². The maximum absolute atomic E-state index is 13.2. The maximum Gasteiger partial charge on any atom is 0.251 e. The third-order valence-electron chi connectivity index (χ3n) is 8.14. The van der Waals surface area contributed by atoms with E-state index in [0.717, 1.165) is 42.6 Å². The van der Waals surface area contributed by atoms with E-state index < -0.39 is 0 Å². The lowest BCUT2D eigenvalue weighted by Crippen LogP contribution is -2.53. The van der Waals surface area contributed by atoms with Gasteiger partial charge in [-0.1, -0.05) is 18.2 Å². The zero-order chi connectivity index (χ0) is 23.0. The number of thiophene rings is 1. The molecule has 0 saturated heterocycles. The first-order valence-corrected chi connectivity index (χ1v) is 13.1. The molecule has 4 bridgehead atoms. The fraction of sp³-hybridized carbons (Fsp3) is 0.556. The van der Waals surface area contributed by atoms with Gasteiger partial charge in [0.05, 0.1) is 6.04 Å². The van der Waals surface area contributed by atoms with E-state index in [0.29, 0.717) is 18.7 Å². The topological polar surface area (TPSA) is 61.4 Å². The van der Waals surface area contributed by atoms with Crippen molar-refractivity contribution in [2.75, 3.05) is 20.6 Å². The predicted octanol–water partition coefficient (Wildman–Crippen LogP) is 4.61. The van der Waals surface area contributed by atoms with Crippen LogP contribution in [0.3, 0.4) is 0 Å². The van der Waals surface area contributed by atoms with Crippen LogP contribution in [0.2, 0.25) is 0 Å². The van der Waals surface area contributed by atoms with E-state index >= 15 is 0 Å². The molecule has 0 aliphatic heterocycles. The van der Waals surface area contributed by atoms with Crippen LogP contribution in [-0.2, 0) is 11.3 Å². The molecule has 6 rings (SSSR count). The molecule has 4 aliphatic rings. The number of carbonyl (C=O) groups is 2. The zero-order valence-corrected chi connectivity index (χ0v) is 20.5. The van der Waals surface area contributed by atoms with Crippen LogP contribution in [0.25, 0.3) is 0 Å². The van der Waals surface area contributed by atoms with Gasteiger partial charge >= 0.3 is 0 Å². The number of hydrogen-bond acceptors (Lipinski definition) is 4. The average Bonchev–Trinajstić information content (AvgIpc) is 3.31. The Hall–Kier alpha value is -2.18. The summed E-state index contributed by atoms with van der Waals surface area (Å²) in [7, 11) is 4.06. The van der Waals surface area contributed by atoms with Crippen LogP contribution in [0, 0.1) is 23.2 Å². The Morgan fingerprint density at radius 1 is 1.00 bits per heavy atom. The number of amides is 2. The van der Waals surface area contributed by atoms with Crippen molar-refractivity contribution < 1.29 is 9.59 Å². The summed E-state index contributed by atoms with van der Waals surface area (Å²) in [5, 5.41) is 8.36. The van der Waals surface area contributed by atoms with Crippen LogP contribution in [0.5, 0.6) is 0 Å². The van der Waals surface area contributed by atoms with Crippen molar-refractivity contribution in [1.82, 2.24) is 15.5 Å². The Balaban J connectivity index is 1.14. The highest BCUT2D eigenvalue weighted by Gasteiger charge is 2.54. The third kappa shape index (κ3) is 4.73. The van der Waals surface area contributed by atoms with Gasteiger partial charge in [0.2, 0.25) is 5.91 Å². The van der Waals surface area contributed by atoms with Gasteiger partial charge in [-0.25, -0.2) is 0 Å². The quantitative estimate of drug-likeness (QED) is 0.598. The minimum Gasteiger partial charge on any atom is -0.352 e. The predicted molar refractivity (Wildman–Crippen MR) is 132 cm³/mol. The molecule has 1 aromatic heterocycles. The second-order valence-electron chi connectivity index (χ2n) is 10.8. The lowest BCUT2D eigenvalue weighted by atomic mass is 9.49. The molecular weight excluding hydrogens is 430 g/mol. The number of carbonyl (C=O) groups excluding carboxylic acids is 2. The molecule has 2 aromatic rings. The summed E-state index contributed by atoms with van der Waals surface area (Å²) < 4.78 is 0. The summed E-state index contributed by atoms with van der Waals surface area (Å²) >= 11 is 1.71. The van der Waals surface area contributed by atoms with Gasteiger partial charge in [-0.3, -0.25) is 9.59 Å². The second-order valence-corrected chi connectivity index (χ2v) is 11.8. The van der Waals surface area contributed by atoms with Crippen LogP contribution in [0.15, 0.2) is 41.8 Å². The highest BCUT2D eigenvalue weighted by Crippen LogP contribution is 2.60. The number of hydrogen-bond donors (Lipinski definition) is 2. The van der Waals surface area contributed by atoms with Gasteiger partial charge < -0.3 is 15.5 Å². The SMILES string of the molecule is CN(C)C(CNC(=O)c1ccc(CNC(=O)C23CC4CC(CC(C4)C2)C3)cc1)c1cccs1. The highest BCUT2D eigenvalue weighted by molar-refractivity contribution is 7.10. The number of nitrogens with one attached hydrogen (secondary N) is 2. The number of nitrogens with zero attached hydrogens (tertiary/aromatic N) is 1. The fourth-order valence-corrected chi connectivity index (χ4v) is 7.77. The van der Waals surface area contributed by atoms with Gasteiger partial charge in [0, 0.05) is 28.9 Å². The van der Waals surface area contributed by atoms with Crippen molar-refractivity contribution in [1.29, 1.82) is 0 Å². The van der Waals surface area contributed by atoms with Crippen molar-refractivity contribution in [3.63, 3.8) is 0 Å². The molecule has 4 saturated carbocycles. The summed E-state index contributed by atoms with van der Waals surface area (Å²) in [5.74, 6) is 2.50. The van der Waals surface area contributed by atoms with E-state index in [-0.39, 0.29) is 23.3 Å². The molecule has 2 amide bonds. The Morgan fingerprint density at radius 2 is 1.64 bits per heavy atom. The number of likely N-dealkylation sites (N-methyl/N-ethyl adjacent to an activating group) is 1.